The highest BCUT2D eigenvalue weighted by molar-refractivity contribution is 14.1. The van der Waals surface area contributed by atoms with Gasteiger partial charge in [-0.2, -0.15) is 0 Å². The molecular formula is C20H26INO4. The number of aliphatic hydroxyl groups is 1. The number of carboxylic acid groups (broad SMARTS) is 1. The zero-order chi connectivity index (χ0) is 19.0. The number of benzene rings is 1. The van der Waals surface area contributed by atoms with E-state index in [4.69, 9.17) is 0 Å². The van der Waals surface area contributed by atoms with E-state index in [-0.39, 0.29) is 5.91 Å². The third-order valence-corrected chi connectivity index (χ3v) is 7.37. The van der Waals surface area contributed by atoms with Gasteiger partial charge in [0.25, 0.3) is 0 Å². The number of fused-ring (bicyclic) bond motifs is 1. The van der Waals surface area contributed by atoms with E-state index < -0.39 is 12.1 Å². The van der Waals surface area contributed by atoms with Crippen molar-refractivity contribution in [3.63, 3.8) is 0 Å². The number of carbonyl (C=O) groups excluding carboxylic acids is 1. The highest BCUT2D eigenvalue weighted by Gasteiger charge is 2.32. The minimum atomic E-state index is -1.55. The minimum Gasteiger partial charge on any atom is -0.479 e. The zero-order valence-electron chi connectivity index (χ0n) is 15.3. The van der Waals surface area contributed by atoms with Crippen LogP contribution < -0.4 is 0 Å². The SMILES string of the molecule is Cc1c(I)c(C(O)C(=O)O)c(C)c2c1CN(CC1CCCCC1)C(=O)C2. The van der Waals surface area contributed by atoms with Crippen molar-refractivity contribution < 1.29 is 19.8 Å². The summed E-state index contributed by atoms with van der Waals surface area (Å²) in [7, 11) is 0. The molecule has 2 aliphatic rings. The lowest BCUT2D eigenvalue weighted by Crippen LogP contribution is -2.40. The van der Waals surface area contributed by atoms with Gasteiger partial charge in [0.05, 0.1) is 6.42 Å². The molecule has 3 rings (SSSR count). The molecule has 1 aromatic rings. The molecule has 0 radical (unpaired) electrons. The standard InChI is InChI=1S/C20H26INO4/c1-11-14-8-16(23)22(9-13-6-4-3-5-7-13)10-15(14)12(2)18(21)17(11)19(24)20(25)26/h13,19,24H,3-10H2,1-2H3,(H,25,26). The fourth-order valence-corrected chi connectivity index (χ4v) is 5.43. The van der Waals surface area contributed by atoms with Crippen LogP contribution in [0.1, 0.15) is 66.0 Å². The van der Waals surface area contributed by atoms with Gasteiger partial charge >= 0.3 is 5.97 Å². The lowest BCUT2D eigenvalue weighted by Gasteiger charge is -2.35. The van der Waals surface area contributed by atoms with E-state index in [2.05, 4.69) is 22.6 Å². The summed E-state index contributed by atoms with van der Waals surface area (Å²) in [5, 5.41) is 19.3. The minimum absolute atomic E-state index is 0.113. The molecule has 26 heavy (non-hydrogen) atoms. The molecule has 142 valence electrons. The second kappa shape index (κ2) is 7.84. The normalized spacial score (nSPS) is 19.4. The van der Waals surface area contributed by atoms with Gasteiger partial charge in [-0.15, -0.1) is 0 Å². The van der Waals surface area contributed by atoms with Crippen LogP contribution in [-0.2, 0) is 22.6 Å². The number of hydrogen-bond acceptors (Lipinski definition) is 3. The molecule has 0 bridgehead atoms. The van der Waals surface area contributed by atoms with Gasteiger partial charge in [-0.25, -0.2) is 4.79 Å². The molecular weight excluding hydrogens is 445 g/mol. The van der Waals surface area contributed by atoms with Crippen molar-refractivity contribution in [3.05, 3.63) is 31.4 Å². The van der Waals surface area contributed by atoms with Gasteiger partial charge in [-0.3, -0.25) is 4.79 Å². The van der Waals surface area contributed by atoms with Crippen LogP contribution in [0.4, 0.5) is 0 Å². The molecule has 1 atom stereocenters. The summed E-state index contributed by atoms with van der Waals surface area (Å²) >= 11 is 2.13. The first-order chi connectivity index (χ1) is 12.3. The molecule has 1 unspecified atom stereocenters. The Morgan fingerprint density at radius 2 is 1.85 bits per heavy atom. The van der Waals surface area contributed by atoms with Gasteiger partial charge in [-0.05, 0) is 77.5 Å². The fourth-order valence-electron chi connectivity index (χ4n) is 4.41. The van der Waals surface area contributed by atoms with Crippen LogP contribution in [0.25, 0.3) is 0 Å². The van der Waals surface area contributed by atoms with Crippen molar-refractivity contribution in [1.29, 1.82) is 0 Å². The maximum Gasteiger partial charge on any atom is 0.337 e. The van der Waals surface area contributed by atoms with Crippen molar-refractivity contribution in [2.45, 2.75) is 65.0 Å². The predicted molar refractivity (Wildman–Crippen MR) is 107 cm³/mol. The van der Waals surface area contributed by atoms with E-state index >= 15 is 0 Å². The quantitative estimate of drug-likeness (QED) is 0.660. The van der Waals surface area contributed by atoms with E-state index in [0.717, 1.165) is 32.4 Å². The van der Waals surface area contributed by atoms with E-state index in [9.17, 15) is 19.8 Å². The van der Waals surface area contributed by atoms with E-state index in [1.165, 1.54) is 32.1 Å². The van der Waals surface area contributed by atoms with Gasteiger partial charge in [0.1, 0.15) is 0 Å². The van der Waals surface area contributed by atoms with Crippen molar-refractivity contribution >= 4 is 34.5 Å². The fraction of sp³-hybridized carbons (Fsp3) is 0.600. The van der Waals surface area contributed by atoms with Crippen LogP contribution in [0.3, 0.4) is 0 Å². The number of hydrogen-bond donors (Lipinski definition) is 2. The second-order valence-electron chi connectivity index (χ2n) is 7.63. The predicted octanol–water partition coefficient (Wildman–Crippen LogP) is 3.49. The van der Waals surface area contributed by atoms with Crippen molar-refractivity contribution in [1.82, 2.24) is 4.90 Å². The highest BCUT2D eigenvalue weighted by Crippen LogP contribution is 2.36. The van der Waals surface area contributed by atoms with Crippen molar-refractivity contribution in [2.24, 2.45) is 5.92 Å². The maximum absolute atomic E-state index is 12.7. The number of rotatable bonds is 4. The van der Waals surface area contributed by atoms with Crippen molar-refractivity contribution in [3.8, 4) is 0 Å². The monoisotopic (exact) mass is 471 g/mol. The largest absolute Gasteiger partial charge is 0.479 e. The van der Waals surface area contributed by atoms with Crippen LogP contribution in [0.5, 0.6) is 0 Å². The first-order valence-electron chi connectivity index (χ1n) is 9.30. The number of nitrogens with zero attached hydrogens (tertiary/aromatic N) is 1. The molecule has 2 N–H and O–H groups in total. The van der Waals surface area contributed by atoms with Crippen LogP contribution in [-0.4, -0.2) is 33.5 Å². The molecule has 1 aliphatic heterocycles. The van der Waals surface area contributed by atoms with E-state index in [1.54, 1.807) is 0 Å². The van der Waals surface area contributed by atoms with Crippen molar-refractivity contribution in [2.75, 3.05) is 6.54 Å². The van der Waals surface area contributed by atoms with Gasteiger partial charge in [-0.1, -0.05) is 19.3 Å². The molecule has 0 aromatic heterocycles. The van der Waals surface area contributed by atoms with Gasteiger partial charge in [0, 0.05) is 22.2 Å². The number of aliphatic hydroxyl groups excluding tert-OH is 1. The Morgan fingerprint density at radius 1 is 1.19 bits per heavy atom. The third kappa shape index (κ3) is 3.63. The average Bonchev–Trinajstić information content (AvgIpc) is 2.62. The Balaban J connectivity index is 1.93. The molecule has 6 heteroatoms. The summed E-state index contributed by atoms with van der Waals surface area (Å²) in [5.41, 5.74) is 4.20. The molecule has 1 aromatic carbocycles. The van der Waals surface area contributed by atoms with E-state index in [1.807, 2.05) is 18.7 Å². The molecule has 1 aliphatic carbocycles. The lowest BCUT2D eigenvalue weighted by atomic mass is 9.85. The van der Waals surface area contributed by atoms with Crippen LogP contribution in [0.15, 0.2) is 0 Å². The molecule has 0 saturated heterocycles. The number of aliphatic carboxylic acids is 1. The Hall–Kier alpha value is -1.15. The third-order valence-electron chi connectivity index (χ3n) is 5.98. The summed E-state index contributed by atoms with van der Waals surface area (Å²) in [6.45, 7) is 5.21. The van der Waals surface area contributed by atoms with Gasteiger partial charge in [0.15, 0.2) is 6.10 Å². The summed E-state index contributed by atoms with van der Waals surface area (Å²) in [5.74, 6) is -0.545. The second-order valence-corrected chi connectivity index (χ2v) is 8.71. The summed E-state index contributed by atoms with van der Waals surface area (Å²) in [6, 6.07) is 0. The topological polar surface area (TPSA) is 77.8 Å². The lowest BCUT2D eigenvalue weighted by molar-refractivity contribution is -0.147. The average molecular weight is 471 g/mol. The molecule has 1 amide bonds. The Labute approximate surface area is 167 Å². The first kappa shape index (κ1) is 19.6. The summed E-state index contributed by atoms with van der Waals surface area (Å²) in [4.78, 5) is 26.0. The summed E-state index contributed by atoms with van der Waals surface area (Å²) < 4.78 is 0.792. The van der Waals surface area contributed by atoms with Crippen LogP contribution in [0, 0.1) is 23.3 Å². The molecule has 1 heterocycles. The highest BCUT2D eigenvalue weighted by atomic mass is 127. The molecule has 5 nitrogen and oxygen atoms in total. The van der Waals surface area contributed by atoms with Crippen LogP contribution in [0.2, 0.25) is 0 Å². The van der Waals surface area contributed by atoms with Crippen LogP contribution >= 0.6 is 22.6 Å². The summed E-state index contributed by atoms with van der Waals surface area (Å²) in [6.07, 6.45) is 4.97. The maximum atomic E-state index is 12.7. The first-order valence-corrected chi connectivity index (χ1v) is 10.4. The van der Waals surface area contributed by atoms with E-state index in [0.29, 0.717) is 24.4 Å². The Bertz CT molecular complexity index is 740. The number of carbonyl (C=O) groups is 2. The molecule has 1 saturated carbocycles. The Morgan fingerprint density at radius 3 is 2.46 bits per heavy atom. The van der Waals surface area contributed by atoms with Gasteiger partial charge < -0.3 is 15.1 Å². The smallest absolute Gasteiger partial charge is 0.337 e. The number of halogens is 1. The molecule has 0 spiro atoms. The molecule has 1 fully saturated rings. The Kier molecular flexibility index (Phi) is 5.91. The number of carboxylic acids is 1. The zero-order valence-corrected chi connectivity index (χ0v) is 17.5. The number of amides is 1. The van der Waals surface area contributed by atoms with Gasteiger partial charge in [0.2, 0.25) is 5.91 Å².